The van der Waals surface area contributed by atoms with Gasteiger partial charge in [-0.2, -0.15) is 0 Å². The molecule has 0 bridgehead atoms. The monoisotopic (exact) mass is 1190 g/mol. The zero-order valence-corrected chi connectivity index (χ0v) is 36.5. The zero-order chi connectivity index (χ0) is 21.5. The van der Waals surface area contributed by atoms with E-state index in [2.05, 4.69) is 22.9 Å². The number of phosphoric acid groups is 2. The topological polar surface area (TPSA) is 768 Å². The predicted octanol–water partition coefficient (Wildman–Crippen LogP) is -9.77. The first-order valence-electron chi connectivity index (χ1n) is 8.50. The van der Waals surface area contributed by atoms with Gasteiger partial charge in [0.05, 0.1) is 41.8 Å². The molecule has 36 heteroatoms. The van der Waals surface area contributed by atoms with Crippen LogP contribution in [0.5, 0.6) is 0 Å². The van der Waals surface area contributed by atoms with Gasteiger partial charge < -0.3 is 155 Å². The first-order valence-corrected chi connectivity index (χ1v) is 11.5. The molecular formula is C12H42Mo5N4O25P2-30. The molecule has 0 heterocycles. The molecule has 330 valence electrons. The van der Waals surface area contributed by atoms with E-state index in [4.69, 9.17) is 38.5 Å². The Bertz CT molecular complexity index is 323. The molecule has 0 aliphatic heterocycles. The number of rotatable bonds is 10. The Hall–Kier alpha value is 2.82. The van der Waals surface area contributed by atoms with Gasteiger partial charge >= 0.3 is 0 Å². The summed E-state index contributed by atoms with van der Waals surface area (Å²) in [4.78, 5) is 48.6. The first kappa shape index (κ1) is 205. The van der Waals surface area contributed by atoms with E-state index >= 15 is 0 Å². The molecule has 0 atom stereocenters. The van der Waals surface area contributed by atoms with Crippen LogP contribution < -0.4 is 42.5 Å². The van der Waals surface area contributed by atoms with Crippen LogP contribution in [0.4, 0.5) is 0 Å². The number of quaternary nitrogens is 4. The van der Waals surface area contributed by atoms with Crippen LogP contribution in [-0.4, -0.2) is 46.9 Å². The Morgan fingerprint density at radius 2 is 0.396 bits per heavy atom. The van der Waals surface area contributed by atoms with Gasteiger partial charge in [0.1, 0.15) is 0 Å². The fourth-order valence-corrected chi connectivity index (χ4v) is 1.41. The average molecular weight is 1180 g/mol. The van der Waals surface area contributed by atoms with Gasteiger partial charge in [-0.25, -0.2) is 0 Å². The van der Waals surface area contributed by atoms with Crippen LogP contribution in [0.25, 0.3) is 0 Å². The van der Waals surface area contributed by atoms with Gasteiger partial charge in [0, 0.05) is 105 Å². The summed E-state index contributed by atoms with van der Waals surface area (Å²) in [6.45, 7) is 4.38. The van der Waals surface area contributed by atoms with Gasteiger partial charge in [-0.3, -0.25) is 0 Å². The molecule has 18 N–H and O–H groups in total. The summed E-state index contributed by atoms with van der Waals surface area (Å²) in [5.74, 6) is 0. The quantitative estimate of drug-likeness (QED) is 0.0692. The zero-order valence-electron chi connectivity index (χ0n) is 24.7. The molecule has 0 saturated carbocycles. The third kappa shape index (κ3) is 679. The fraction of sp³-hybridized carbons (Fsp3) is 1.00. The van der Waals surface area contributed by atoms with Crippen molar-refractivity contribution in [1.82, 2.24) is 0 Å². The van der Waals surface area contributed by atoms with Crippen molar-refractivity contribution in [2.75, 3.05) is 26.2 Å². The van der Waals surface area contributed by atoms with Gasteiger partial charge in [0.25, 0.3) is 0 Å². The van der Waals surface area contributed by atoms with Crippen molar-refractivity contribution in [3.05, 3.63) is 0 Å². The van der Waals surface area contributed by atoms with Gasteiger partial charge in [-0.15, -0.1) is 0 Å². The van der Waals surface area contributed by atoms with Crippen molar-refractivity contribution in [2.24, 2.45) is 0 Å². The molecular weight excluding hydrogens is 1140 g/mol. The van der Waals surface area contributed by atoms with Crippen molar-refractivity contribution < 1.29 is 260 Å². The van der Waals surface area contributed by atoms with Crippen LogP contribution in [0.15, 0.2) is 0 Å². The van der Waals surface area contributed by atoms with Gasteiger partial charge in [0.2, 0.25) is 0 Å². The van der Waals surface area contributed by atoms with Crippen LogP contribution in [-0.2, 0) is 197 Å². The minimum atomic E-state index is -5.14. The summed E-state index contributed by atoms with van der Waals surface area (Å²) >= 11 is 0. The molecule has 0 aromatic rings. The van der Waals surface area contributed by atoms with Gasteiger partial charge in [-0.05, 0) is 51.4 Å². The largest absolute Gasteiger partial charge is 2.00 e. The minimum Gasteiger partial charge on any atom is -2.00 e. The van der Waals surface area contributed by atoms with Crippen molar-refractivity contribution >= 4 is 15.6 Å². The third-order valence-electron chi connectivity index (χ3n) is 2.50. The maximum atomic E-state index is 8.66. The first-order chi connectivity index (χ1) is 11.8. The number of hydrogen-bond donors (Lipinski definition) is 6. The molecule has 0 aliphatic rings. The van der Waals surface area contributed by atoms with Crippen LogP contribution in [0.1, 0.15) is 51.4 Å². The second-order valence-corrected chi connectivity index (χ2v) is 7.05. The number of hydrogen-bond acceptors (Lipinski definition) is 6. The van der Waals surface area contributed by atoms with Crippen LogP contribution in [0.2, 0.25) is 0 Å². The maximum absolute atomic E-state index is 8.66. The summed E-state index contributed by atoms with van der Waals surface area (Å²) < 4.78 is 17.3. The second kappa shape index (κ2) is 165. The summed E-state index contributed by atoms with van der Waals surface area (Å²) in [6, 6.07) is 0. The fourth-order valence-electron chi connectivity index (χ4n) is 1.41. The Labute approximate surface area is 350 Å². The predicted molar refractivity (Wildman–Crippen MR) is 105 cm³/mol. The normalized spacial score (nSPS) is 5.71. The van der Waals surface area contributed by atoms with Crippen molar-refractivity contribution in [3.8, 4) is 0 Å². The molecule has 0 amide bonds. The van der Waals surface area contributed by atoms with Crippen LogP contribution in [0.3, 0.4) is 0 Å². The number of unbranched alkanes of at least 4 members (excludes halogenated alkanes) is 6. The molecule has 0 rings (SSSR count). The van der Waals surface area contributed by atoms with E-state index < -0.39 is 15.6 Å². The summed E-state index contributed by atoms with van der Waals surface area (Å²) in [7, 11) is -10.3. The molecule has 0 aromatic heterocycles. The molecule has 48 heavy (non-hydrogen) atoms. The Kier molecular flexibility index (Phi) is 704. The smallest absolute Gasteiger partial charge is 0.0739 e. The standard InChI is InChI=1S/2C6H16N2.5Mo.2H3O4P.2H2O.15O/c2*7-5-3-1-2-4-6-8;;;;;;2*1-5(2,3)4;;;;;;;;;;;;;;;;;/h2*1-8H2;;;;;;2*(H3,1,2,3,4);2*1H2;;;;;;;;;;;;;;;/q;;;;;;;;;;;15*-2. The van der Waals surface area contributed by atoms with Crippen LogP contribution in [0, 0.1) is 0 Å². The third-order valence-corrected chi connectivity index (χ3v) is 2.50. The van der Waals surface area contributed by atoms with Gasteiger partial charge in [-0.1, -0.05) is 0 Å². The van der Waals surface area contributed by atoms with Crippen LogP contribution >= 0.6 is 15.6 Å². The molecule has 0 saturated heterocycles. The molecule has 0 aromatic carbocycles. The van der Waals surface area contributed by atoms with E-state index in [-0.39, 0.29) is 198 Å². The second-order valence-electron chi connectivity index (χ2n) is 5.18. The van der Waals surface area contributed by atoms with E-state index in [0.29, 0.717) is 0 Å². The summed E-state index contributed by atoms with van der Waals surface area (Å²) in [5, 5.41) is 0. The SMILES string of the molecule is O.O.O=P([O-])([O-])O.O=P([O-])([O-])O.[Mo].[Mo].[Mo].[Mo].[Mo].[NH3+]CCCCCC[NH3+].[NH3+]CCCCCC[NH3+].[O-2].[O-2].[O-2].[O-2].[O-2].[O-2].[O-2].[O-2].[O-2].[O-2].[O-2].[O-2].[O-2].[O-2].[O-2]. The molecule has 0 radical (unpaired) electrons. The summed E-state index contributed by atoms with van der Waals surface area (Å²) in [5.41, 5.74) is 15.1. The Balaban J connectivity index is -0.00000000491. The minimum absolute atomic E-state index is 0. The Morgan fingerprint density at radius 3 is 0.438 bits per heavy atom. The van der Waals surface area contributed by atoms with E-state index in [1.165, 1.54) is 51.4 Å². The average Bonchev–Trinajstić information content (AvgIpc) is 2.46. The van der Waals surface area contributed by atoms with Crippen molar-refractivity contribution in [3.63, 3.8) is 0 Å². The molecule has 0 spiro atoms. The van der Waals surface area contributed by atoms with E-state index in [1.807, 2.05) is 0 Å². The molecule has 0 fully saturated rings. The Morgan fingerprint density at radius 1 is 0.333 bits per heavy atom. The molecule has 0 unspecified atom stereocenters. The van der Waals surface area contributed by atoms with E-state index in [0.717, 1.165) is 26.2 Å². The molecule has 29 nitrogen and oxygen atoms in total. The summed E-state index contributed by atoms with van der Waals surface area (Å²) in [6.07, 6.45) is 10.6. The van der Waals surface area contributed by atoms with E-state index in [9.17, 15) is 0 Å². The maximum Gasteiger partial charge on any atom is 0.0739 e. The van der Waals surface area contributed by atoms with E-state index in [1.54, 1.807) is 0 Å². The van der Waals surface area contributed by atoms with Crippen molar-refractivity contribution in [1.29, 1.82) is 0 Å². The molecule has 0 aliphatic carbocycles. The van der Waals surface area contributed by atoms with Gasteiger partial charge in [0.15, 0.2) is 0 Å². The van der Waals surface area contributed by atoms with Crippen molar-refractivity contribution in [2.45, 2.75) is 51.4 Å².